The van der Waals surface area contributed by atoms with Gasteiger partial charge < -0.3 is 4.74 Å². The van der Waals surface area contributed by atoms with Crippen molar-refractivity contribution in [2.45, 2.75) is 38.8 Å². The fraction of sp³-hybridized carbons (Fsp3) is 1.00. The highest BCUT2D eigenvalue weighted by molar-refractivity contribution is 9.09. The van der Waals surface area contributed by atoms with E-state index in [0.29, 0.717) is 17.5 Å². The number of hydrogen-bond donors (Lipinski definition) is 0. The van der Waals surface area contributed by atoms with Crippen LogP contribution in [0.3, 0.4) is 0 Å². The van der Waals surface area contributed by atoms with Crippen LogP contribution in [-0.4, -0.2) is 67.1 Å². The minimum absolute atomic E-state index is 0.438. The van der Waals surface area contributed by atoms with E-state index in [1.165, 1.54) is 32.5 Å². The van der Waals surface area contributed by atoms with Crippen molar-refractivity contribution in [3.63, 3.8) is 0 Å². The molecule has 3 nitrogen and oxygen atoms in total. The van der Waals surface area contributed by atoms with Gasteiger partial charge in [-0.15, -0.1) is 0 Å². The van der Waals surface area contributed by atoms with Crippen LogP contribution in [0.1, 0.15) is 26.7 Å². The average molecular weight is 319 g/mol. The predicted molar refractivity (Wildman–Crippen MR) is 79.4 cm³/mol. The number of hydrogen-bond acceptors (Lipinski definition) is 3. The number of halogens is 1. The van der Waals surface area contributed by atoms with E-state index in [1.807, 2.05) is 0 Å². The Morgan fingerprint density at radius 3 is 2.22 bits per heavy atom. The van der Waals surface area contributed by atoms with Crippen LogP contribution in [0.15, 0.2) is 0 Å². The molecule has 2 rings (SSSR count). The van der Waals surface area contributed by atoms with E-state index in [0.717, 1.165) is 18.5 Å². The van der Waals surface area contributed by atoms with Crippen molar-refractivity contribution in [2.75, 3.05) is 45.2 Å². The molecule has 106 valence electrons. The monoisotopic (exact) mass is 318 g/mol. The van der Waals surface area contributed by atoms with Crippen LogP contribution in [0.2, 0.25) is 0 Å². The number of ether oxygens (including phenoxy) is 1. The molecular formula is C14H27BrN2O. The van der Waals surface area contributed by atoms with E-state index < -0.39 is 0 Å². The van der Waals surface area contributed by atoms with E-state index in [-0.39, 0.29) is 0 Å². The fourth-order valence-corrected chi connectivity index (χ4v) is 3.99. The Labute approximate surface area is 120 Å². The fourth-order valence-electron chi connectivity index (χ4n) is 3.26. The van der Waals surface area contributed by atoms with E-state index in [9.17, 15) is 0 Å². The molecule has 2 saturated heterocycles. The molecule has 0 aromatic carbocycles. The molecule has 2 heterocycles. The summed E-state index contributed by atoms with van der Waals surface area (Å²) >= 11 is 3.74. The summed E-state index contributed by atoms with van der Waals surface area (Å²) < 4.78 is 5.53. The second-order valence-electron chi connectivity index (χ2n) is 6.30. The third-order valence-corrected chi connectivity index (χ3v) is 6.02. The maximum absolute atomic E-state index is 5.53. The molecule has 0 saturated carbocycles. The predicted octanol–water partition coefficient (Wildman–Crippen LogP) is 2.20. The van der Waals surface area contributed by atoms with Crippen LogP contribution >= 0.6 is 15.9 Å². The third kappa shape index (κ3) is 3.27. The summed E-state index contributed by atoms with van der Waals surface area (Å²) in [6.07, 6.45) is 2.40. The lowest BCUT2D eigenvalue weighted by Gasteiger charge is -2.47. The molecule has 4 heteroatoms. The van der Waals surface area contributed by atoms with Crippen molar-refractivity contribution < 1.29 is 4.74 Å². The smallest absolute Gasteiger partial charge is 0.0472 e. The molecule has 0 radical (unpaired) electrons. The summed E-state index contributed by atoms with van der Waals surface area (Å²) in [6.45, 7) is 10.2. The molecule has 0 bridgehead atoms. The molecule has 0 N–H and O–H groups in total. The van der Waals surface area contributed by atoms with Crippen LogP contribution in [0.5, 0.6) is 0 Å². The van der Waals surface area contributed by atoms with Gasteiger partial charge in [-0.3, -0.25) is 9.80 Å². The lowest BCUT2D eigenvalue weighted by molar-refractivity contribution is -0.0149. The molecule has 0 aliphatic carbocycles. The summed E-state index contributed by atoms with van der Waals surface area (Å²) in [5.74, 6) is 0. The highest BCUT2D eigenvalue weighted by Crippen LogP contribution is 2.34. The van der Waals surface area contributed by atoms with Gasteiger partial charge in [-0.2, -0.15) is 0 Å². The molecule has 0 aromatic rings. The minimum atomic E-state index is 0.438. The van der Waals surface area contributed by atoms with Crippen LogP contribution in [0, 0.1) is 5.41 Å². The first-order valence-electron chi connectivity index (χ1n) is 7.14. The Morgan fingerprint density at radius 1 is 1.17 bits per heavy atom. The van der Waals surface area contributed by atoms with E-state index >= 15 is 0 Å². The van der Waals surface area contributed by atoms with Crippen molar-refractivity contribution >= 4 is 15.9 Å². The second kappa shape index (κ2) is 6.21. The number of likely N-dealkylation sites (N-methyl/N-ethyl adjacent to an activating group) is 1. The molecule has 0 aromatic heterocycles. The summed E-state index contributed by atoms with van der Waals surface area (Å²) in [5, 5.41) is 1.11. The van der Waals surface area contributed by atoms with Gasteiger partial charge >= 0.3 is 0 Å². The van der Waals surface area contributed by atoms with Gasteiger partial charge in [-0.25, -0.2) is 0 Å². The summed E-state index contributed by atoms with van der Waals surface area (Å²) in [7, 11) is 2.25. The first-order chi connectivity index (χ1) is 8.56. The molecule has 0 spiro atoms. The topological polar surface area (TPSA) is 15.7 Å². The Hall–Kier alpha value is 0.360. The van der Waals surface area contributed by atoms with Gasteiger partial charge in [0.05, 0.1) is 0 Å². The first-order valence-corrected chi connectivity index (χ1v) is 8.26. The largest absolute Gasteiger partial charge is 0.381 e. The lowest BCUT2D eigenvalue weighted by atomic mass is 9.81. The number of piperazine rings is 1. The van der Waals surface area contributed by atoms with Crippen LogP contribution in [0.25, 0.3) is 0 Å². The first kappa shape index (κ1) is 14.8. The average Bonchev–Trinajstić information content (AvgIpc) is 2.37. The summed E-state index contributed by atoms with van der Waals surface area (Å²) in [5.41, 5.74) is 0.438. The van der Waals surface area contributed by atoms with Gasteiger partial charge in [0.2, 0.25) is 0 Å². The molecule has 2 unspecified atom stereocenters. The Bertz CT molecular complexity index is 257. The third-order valence-electron chi connectivity index (χ3n) is 4.83. The number of nitrogens with zero attached hydrogens (tertiary/aromatic N) is 2. The van der Waals surface area contributed by atoms with Crippen molar-refractivity contribution in [1.29, 1.82) is 0 Å². The second-order valence-corrected chi connectivity index (χ2v) is 6.86. The molecule has 2 aliphatic rings. The van der Waals surface area contributed by atoms with Crippen LogP contribution in [-0.2, 0) is 4.74 Å². The highest BCUT2D eigenvalue weighted by Gasteiger charge is 2.36. The Kier molecular flexibility index (Phi) is 5.09. The van der Waals surface area contributed by atoms with Gasteiger partial charge in [0.15, 0.2) is 0 Å². The van der Waals surface area contributed by atoms with Crippen molar-refractivity contribution in [2.24, 2.45) is 5.41 Å². The molecular weight excluding hydrogens is 292 g/mol. The maximum atomic E-state index is 5.53. The molecule has 0 amide bonds. The van der Waals surface area contributed by atoms with Crippen molar-refractivity contribution in [1.82, 2.24) is 9.80 Å². The van der Waals surface area contributed by atoms with Crippen LogP contribution in [0.4, 0.5) is 0 Å². The maximum Gasteiger partial charge on any atom is 0.0472 e. The van der Waals surface area contributed by atoms with Gasteiger partial charge in [-0.05, 0) is 39.2 Å². The van der Waals surface area contributed by atoms with E-state index in [4.69, 9.17) is 4.74 Å². The molecule has 2 fully saturated rings. The summed E-state index contributed by atoms with van der Waals surface area (Å²) in [4.78, 5) is 5.17. The lowest BCUT2D eigenvalue weighted by Crippen LogP contribution is -2.57. The van der Waals surface area contributed by atoms with E-state index in [2.05, 4.69) is 46.6 Å². The zero-order chi connectivity index (χ0) is 13.2. The van der Waals surface area contributed by atoms with Crippen LogP contribution < -0.4 is 0 Å². The zero-order valence-corrected chi connectivity index (χ0v) is 13.6. The van der Waals surface area contributed by atoms with Gasteiger partial charge in [0.25, 0.3) is 0 Å². The zero-order valence-electron chi connectivity index (χ0n) is 12.0. The Balaban J connectivity index is 1.95. The quantitative estimate of drug-likeness (QED) is 0.742. The highest BCUT2D eigenvalue weighted by atomic mass is 79.9. The van der Waals surface area contributed by atoms with E-state index in [1.54, 1.807) is 0 Å². The van der Waals surface area contributed by atoms with Crippen molar-refractivity contribution in [3.05, 3.63) is 0 Å². The van der Waals surface area contributed by atoms with Gasteiger partial charge in [-0.1, -0.05) is 15.9 Å². The SMILES string of the molecule is CC1CN(CC2(CBr)CCOCC2)CC(C)N1C. The number of rotatable bonds is 3. The summed E-state index contributed by atoms with van der Waals surface area (Å²) in [6, 6.07) is 1.34. The van der Waals surface area contributed by atoms with Crippen molar-refractivity contribution in [3.8, 4) is 0 Å². The minimum Gasteiger partial charge on any atom is -0.381 e. The molecule has 2 aliphatic heterocycles. The Morgan fingerprint density at radius 2 is 1.72 bits per heavy atom. The van der Waals surface area contributed by atoms with Gasteiger partial charge in [0, 0.05) is 50.3 Å². The number of alkyl halides is 1. The standard InChI is InChI=1S/C14H27BrN2O/c1-12-8-17(9-13(2)16(12)3)11-14(10-15)4-6-18-7-5-14/h12-13H,4-11H2,1-3H3. The normalized spacial score (nSPS) is 34.7. The molecule has 18 heavy (non-hydrogen) atoms. The van der Waals surface area contributed by atoms with Gasteiger partial charge in [0.1, 0.15) is 0 Å². The molecule has 2 atom stereocenters.